The lowest BCUT2D eigenvalue weighted by atomic mass is 9.89. The first-order valence-corrected chi connectivity index (χ1v) is 8.78. The van der Waals surface area contributed by atoms with Crippen molar-refractivity contribution in [3.63, 3.8) is 0 Å². The molecule has 122 valence electrons. The van der Waals surface area contributed by atoms with E-state index in [1.165, 1.54) is 44.9 Å². The quantitative estimate of drug-likeness (QED) is 0.874. The molecule has 0 radical (unpaired) electrons. The summed E-state index contributed by atoms with van der Waals surface area (Å²) < 4.78 is 0. The van der Waals surface area contributed by atoms with Crippen molar-refractivity contribution in [2.24, 2.45) is 5.92 Å². The van der Waals surface area contributed by atoms with Crippen LogP contribution in [0.2, 0.25) is 0 Å². The van der Waals surface area contributed by atoms with Crippen molar-refractivity contribution in [3.8, 4) is 6.07 Å². The monoisotopic (exact) mass is 311 g/mol. The van der Waals surface area contributed by atoms with Crippen LogP contribution in [0.1, 0.15) is 50.5 Å². The number of anilines is 1. The van der Waals surface area contributed by atoms with Crippen molar-refractivity contribution in [1.82, 2.24) is 4.90 Å². The van der Waals surface area contributed by atoms with Gasteiger partial charge in [-0.3, -0.25) is 9.69 Å². The summed E-state index contributed by atoms with van der Waals surface area (Å²) in [5.41, 5.74) is 1.38. The normalized spacial score (nSPS) is 18.6. The molecule has 0 aliphatic heterocycles. The van der Waals surface area contributed by atoms with E-state index in [9.17, 15) is 4.79 Å². The van der Waals surface area contributed by atoms with E-state index in [0.29, 0.717) is 18.2 Å². The molecule has 3 rings (SSSR count). The lowest BCUT2D eigenvalue weighted by Gasteiger charge is -2.29. The molecule has 2 fully saturated rings. The largest absolute Gasteiger partial charge is 0.325 e. The molecular weight excluding hydrogens is 286 g/mol. The second-order valence-corrected chi connectivity index (χ2v) is 6.90. The average Bonchev–Trinajstić information content (AvgIpc) is 3.41. The molecule has 4 nitrogen and oxygen atoms in total. The third kappa shape index (κ3) is 4.80. The Labute approximate surface area is 138 Å². The molecule has 0 saturated heterocycles. The smallest absolute Gasteiger partial charge is 0.238 e. The summed E-state index contributed by atoms with van der Waals surface area (Å²) >= 11 is 0. The molecule has 1 aromatic carbocycles. The summed E-state index contributed by atoms with van der Waals surface area (Å²) in [7, 11) is 0. The zero-order chi connectivity index (χ0) is 16.1. The van der Waals surface area contributed by atoms with Crippen molar-refractivity contribution >= 4 is 11.6 Å². The van der Waals surface area contributed by atoms with Gasteiger partial charge in [-0.15, -0.1) is 0 Å². The summed E-state index contributed by atoms with van der Waals surface area (Å²) in [6.07, 6.45) is 9.18. The molecule has 23 heavy (non-hydrogen) atoms. The fraction of sp³-hybridized carbons (Fsp3) is 0.579. The Morgan fingerprint density at radius 1 is 1.13 bits per heavy atom. The molecule has 4 heteroatoms. The third-order valence-corrected chi connectivity index (χ3v) is 4.93. The van der Waals surface area contributed by atoms with Gasteiger partial charge < -0.3 is 5.32 Å². The van der Waals surface area contributed by atoms with E-state index in [-0.39, 0.29) is 5.91 Å². The van der Waals surface area contributed by atoms with Gasteiger partial charge in [-0.1, -0.05) is 19.3 Å². The molecule has 0 aromatic heterocycles. The van der Waals surface area contributed by atoms with E-state index in [2.05, 4.69) is 16.3 Å². The second kappa shape index (κ2) is 7.61. The van der Waals surface area contributed by atoms with Gasteiger partial charge in [0.2, 0.25) is 5.91 Å². The standard InChI is InChI=1S/C19H25N3O/c20-12-15-6-8-17(9-7-15)21-19(23)14-22(18-10-11-18)13-16-4-2-1-3-5-16/h6-9,16,18H,1-5,10-11,13-14H2,(H,21,23). The van der Waals surface area contributed by atoms with Crippen molar-refractivity contribution in [2.45, 2.75) is 51.0 Å². The summed E-state index contributed by atoms with van der Waals surface area (Å²) in [6.45, 7) is 1.56. The van der Waals surface area contributed by atoms with Gasteiger partial charge in [-0.2, -0.15) is 5.26 Å². The topological polar surface area (TPSA) is 56.1 Å². The summed E-state index contributed by atoms with van der Waals surface area (Å²) in [5, 5.41) is 11.8. The maximum absolute atomic E-state index is 12.3. The summed E-state index contributed by atoms with van der Waals surface area (Å²) in [5.74, 6) is 0.824. The van der Waals surface area contributed by atoms with Crippen LogP contribution in [-0.2, 0) is 4.79 Å². The van der Waals surface area contributed by atoms with Gasteiger partial charge in [0.15, 0.2) is 0 Å². The molecule has 0 spiro atoms. The Hall–Kier alpha value is -1.86. The predicted octanol–water partition coefficient (Wildman–Crippen LogP) is 3.54. The lowest BCUT2D eigenvalue weighted by Crippen LogP contribution is -2.38. The van der Waals surface area contributed by atoms with Crippen LogP contribution in [-0.4, -0.2) is 29.9 Å². The average molecular weight is 311 g/mol. The SMILES string of the molecule is N#Cc1ccc(NC(=O)CN(CC2CCCCC2)C2CC2)cc1. The first kappa shape index (κ1) is 16.0. The second-order valence-electron chi connectivity index (χ2n) is 6.90. The highest BCUT2D eigenvalue weighted by Gasteiger charge is 2.32. The number of rotatable bonds is 6. The highest BCUT2D eigenvalue weighted by atomic mass is 16.2. The van der Waals surface area contributed by atoms with Crippen LogP contribution in [0.5, 0.6) is 0 Å². The van der Waals surface area contributed by atoms with Crippen molar-refractivity contribution in [2.75, 3.05) is 18.4 Å². The van der Waals surface area contributed by atoms with Crippen LogP contribution >= 0.6 is 0 Å². The molecule has 1 amide bonds. The minimum Gasteiger partial charge on any atom is -0.325 e. The first-order chi connectivity index (χ1) is 11.2. The number of hydrogen-bond donors (Lipinski definition) is 1. The molecule has 2 aliphatic rings. The number of hydrogen-bond acceptors (Lipinski definition) is 3. The van der Waals surface area contributed by atoms with E-state index in [0.717, 1.165) is 18.2 Å². The fourth-order valence-electron chi connectivity index (χ4n) is 3.50. The van der Waals surface area contributed by atoms with E-state index < -0.39 is 0 Å². The number of amides is 1. The van der Waals surface area contributed by atoms with E-state index >= 15 is 0 Å². The molecule has 1 N–H and O–H groups in total. The van der Waals surface area contributed by atoms with Crippen LogP contribution in [0.3, 0.4) is 0 Å². The number of carbonyl (C=O) groups is 1. The molecule has 0 atom stereocenters. The molecular formula is C19H25N3O. The predicted molar refractivity (Wildman–Crippen MR) is 91.0 cm³/mol. The molecule has 2 saturated carbocycles. The molecule has 2 aliphatic carbocycles. The van der Waals surface area contributed by atoms with E-state index in [4.69, 9.17) is 5.26 Å². The van der Waals surface area contributed by atoms with Gasteiger partial charge >= 0.3 is 0 Å². The third-order valence-electron chi connectivity index (χ3n) is 4.93. The Morgan fingerprint density at radius 2 is 1.83 bits per heavy atom. The lowest BCUT2D eigenvalue weighted by molar-refractivity contribution is -0.117. The summed E-state index contributed by atoms with van der Waals surface area (Å²) in [6, 6.07) is 9.75. The Morgan fingerprint density at radius 3 is 2.43 bits per heavy atom. The number of nitrogens with zero attached hydrogens (tertiary/aromatic N) is 2. The van der Waals surface area contributed by atoms with Crippen molar-refractivity contribution in [1.29, 1.82) is 5.26 Å². The van der Waals surface area contributed by atoms with Crippen LogP contribution in [0.25, 0.3) is 0 Å². The number of nitrogens with one attached hydrogen (secondary N) is 1. The first-order valence-electron chi connectivity index (χ1n) is 8.78. The van der Waals surface area contributed by atoms with Crippen molar-refractivity contribution < 1.29 is 4.79 Å². The van der Waals surface area contributed by atoms with Crippen LogP contribution in [0.15, 0.2) is 24.3 Å². The number of carbonyl (C=O) groups excluding carboxylic acids is 1. The minimum absolute atomic E-state index is 0.0532. The number of benzene rings is 1. The van der Waals surface area contributed by atoms with Gasteiger partial charge in [0.05, 0.1) is 18.2 Å². The van der Waals surface area contributed by atoms with Gasteiger partial charge in [0.25, 0.3) is 0 Å². The Balaban J connectivity index is 1.52. The van der Waals surface area contributed by atoms with Gasteiger partial charge in [-0.25, -0.2) is 0 Å². The zero-order valence-electron chi connectivity index (χ0n) is 13.6. The Bertz CT molecular complexity index is 565. The molecule has 0 bridgehead atoms. The van der Waals surface area contributed by atoms with Crippen molar-refractivity contribution in [3.05, 3.63) is 29.8 Å². The van der Waals surface area contributed by atoms with Crippen LogP contribution in [0.4, 0.5) is 5.69 Å². The van der Waals surface area contributed by atoms with Gasteiger partial charge in [0.1, 0.15) is 0 Å². The highest BCUT2D eigenvalue weighted by Crippen LogP contribution is 2.31. The minimum atomic E-state index is 0.0532. The molecule has 0 unspecified atom stereocenters. The van der Waals surface area contributed by atoms with E-state index in [1.54, 1.807) is 24.3 Å². The molecule has 0 heterocycles. The van der Waals surface area contributed by atoms with Crippen LogP contribution in [0, 0.1) is 17.2 Å². The highest BCUT2D eigenvalue weighted by molar-refractivity contribution is 5.92. The van der Waals surface area contributed by atoms with Gasteiger partial charge in [0, 0.05) is 18.3 Å². The van der Waals surface area contributed by atoms with Crippen LogP contribution < -0.4 is 5.32 Å². The van der Waals surface area contributed by atoms with E-state index in [1.807, 2.05) is 0 Å². The maximum Gasteiger partial charge on any atom is 0.238 e. The maximum atomic E-state index is 12.3. The summed E-state index contributed by atoms with van der Waals surface area (Å²) in [4.78, 5) is 14.7. The van der Waals surface area contributed by atoms with Gasteiger partial charge in [-0.05, 0) is 55.9 Å². The zero-order valence-corrected chi connectivity index (χ0v) is 13.6. The number of nitriles is 1. The fourth-order valence-corrected chi connectivity index (χ4v) is 3.50. The Kier molecular flexibility index (Phi) is 5.30. The molecule has 1 aromatic rings.